The summed E-state index contributed by atoms with van der Waals surface area (Å²) >= 11 is 0. The Morgan fingerprint density at radius 2 is 1.59 bits per heavy atom. The fourth-order valence-electron chi connectivity index (χ4n) is 3.27. The largest absolute Gasteiger partial charge is 0.468 e. The van der Waals surface area contributed by atoms with Crippen LogP contribution in [0.3, 0.4) is 0 Å². The van der Waals surface area contributed by atoms with Crippen molar-refractivity contribution in [3.8, 4) is 0 Å². The molecule has 0 N–H and O–H groups in total. The molecule has 172 valence electrons. The Bertz CT molecular complexity index is 1070. The standard InChI is InChI=1S/C24H29NO6S/c1-7-17-24(22(27)30-6,32(28,29)25(5)20-11-9-8-10-12-20)19-15-13-18(14-16-19)21(26)31-23(2,3)4/h7-16H,1,17H2,2-6H3. The van der Waals surface area contributed by atoms with Crippen LogP contribution < -0.4 is 4.31 Å². The zero-order chi connectivity index (χ0) is 24.2. The second-order valence-electron chi connectivity index (χ2n) is 8.20. The van der Waals surface area contributed by atoms with Crippen LogP contribution in [0.4, 0.5) is 5.69 Å². The lowest BCUT2D eigenvalue weighted by Crippen LogP contribution is -2.50. The van der Waals surface area contributed by atoms with Gasteiger partial charge in [0.15, 0.2) is 0 Å². The van der Waals surface area contributed by atoms with Gasteiger partial charge in [0, 0.05) is 13.5 Å². The molecule has 0 aromatic heterocycles. The van der Waals surface area contributed by atoms with Crippen LogP contribution in [0.2, 0.25) is 0 Å². The zero-order valence-electron chi connectivity index (χ0n) is 19.0. The maximum Gasteiger partial charge on any atom is 0.338 e. The number of methoxy groups -OCH3 is 1. The number of hydrogen-bond acceptors (Lipinski definition) is 6. The summed E-state index contributed by atoms with van der Waals surface area (Å²) in [6.45, 7) is 8.90. The number of allylic oxidation sites excluding steroid dienone is 1. The molecule has 0 spiro atoms. The topological polar surface area (TPSA) is 90.0 Å². The highest BCUT2D eigenvalue weighted by Crippen LogP contribution is 2.39. The van der Waals surface area contributed by atoms with Crippen LogP contribution in [0.25, 0.3) is 0 Å². The van der Waals surface area contributed by atoms with E-state index in [4.69, 9.17) is 9.47 Å². The second-order valence-corrected chi connectivity index (χ2v) is 10.4. The molecule has 0 fully saturated rings. The SMILES string of the molecule is C=CCC(C(=O)OC)(c1ccc(C(=O)OC(C)(C)C)cc1)S(=O)(=O)N(C)c1ccccc1. The number of ether oxygens (including phenoxy) is 2. The molecule has 1 unspecified atom stereocenters. The molecule has 0 heterocycles. The smallest absolute Gasteiger partial charge is 0.338 e. The van der Waals surface area contributed by atoms with Crippen LogP contribution in [0.15, 0.2) is 67.3 Å². The molecule has 8 heteroatoms. The molecule has 0 aliphatic rings. The van der Waals surface area contributed by atoms with Crippen LogP contribution in [0.5, 0.6) is 0 Å². The van der Waals surface area contributed by atoms with Gasteiger partial charge < -0.3 is 9.47 Å². The molecule has 32 heavy (non-hydrogen) atoms. The first kappa shape index (κ1) is 25.1. The molecule has 2 aromatic rings. The third-order valence-corrected chi connectivity index (χ3v) is 7.24. The molecule has 0 bridgehead atoms. The normalized spacial score (nSPS) is 13.5. The van der Waals surface area contributed by atoms with E-state index in [1.54, 1.807) is 51.1 Å². The Kier molecular flexibility index (Phi) is 7.51. The van der Waals surface area contributed by atoms with Crippen molar-refractivity contribution in [1.82, 2.24) is 0 Å². The zero-order valence-corrected chi connectivity index (χ0v) is 19.8. The molecule has 2 rings (SSSR count). The van der Waals surface area contributed by atoms with E-state index in [0.29, 0.717) is 5.69 Å². The van der Waals surface area contributed by atoms with E-state index in [9.17, 15) is 18.0 Å². The molecule has 0 radical (unpaired) electrons. The molecule has 0 saturated carbocycles. The highest BCUT2D eigenvalue weighted by atomic mass is 32.2. The van der Waals surface area contributed by atoms with Crippen molar-refractivity contribution in [2.45, 2.75) is 37.5 Å². The summed E-state index contributed by atoms with van der Waals surface area (Å²) < 4.78 is 36.9. The fourth-order valence-corrected chi connectivity index (χ4v) is 5.19. The average molecular weight is 460 g/mol. The number of carbonyl (C=O) groups is 2. The maximum atomic E-state index is 13.8. The Morgan fingerprint density at radius 1 is 1.03 bits per heavy atom. The van der Waals surface area contributed by atoms with Gasteiger partial charge in [-0.1, -0.05) is 36.4 Å². The first-order valence-corrected chi connectivity index (χ1v) is 11.4. The molecular formula is C24H29NO6S. The minimum Gasteiger partial charge on any atom is -0.468 e. The van der Waals surface area contributed by atoms with Crippen LogP contribution in [-0.4, -0.2) is 40.1 Å². The van der Waals surface area contributed by atoms with Crippen molar-refractivity contribution in [3.05, 3.63) is 78.4 Å². The molecule has 1 atom stereocenters. The minimum atomic E-state index is -4.33. The Labute approximate surface area is 189 Å². The lowest BCUT2D eigenvalue weighted by Gasteiger charge is -2.34. The summed E-state index contributed by atoms with van der Waals surface area (Å²) in [5, 5.41) is 0. The Hall–Kier alpha value is -3.13. The number of benzene rings is 2. The van der Waals surface area contributed by atoms with Gasteiger partial charge in [-0.15, -0.1) is 6.58 Å². The number of esters is 2. The third-order valence-electron chi connectivity index (χ3n) is 4.85. The van der Waals surface area contributed by atoms with Crippen molar-refractivity contribution >= 4 is 27.6 Å². The van der Waals surface area contributed by atoms with E-state index in [0.717, 1.165) is 11.4 Å². The van der Waals surface area contributed by atoms with Crippen LogP contribution in [0, 0.1) is 0 Å². The van der Waals surface area contributed by atoms with Crippen LogP contribution in [-0.2, 0) is 29.0 Å². The summed E-state index contributed by atoms with van der Waals surface area (Å²) in [6.07, 6.45) is 1.13. The highest BCUT2D eigenvalue weighted by molar-refractivity contribution is 7.94. The number of carbonyl (C=O) groups excluding carboxylic acids is 2. The van der Waals surface area contributed by atoms with Gasteiger partial charge >= 0.3 is 11.9 Å². The van der Waals surface area contributed by atoms with E-state index in [1.807, 2.05) is 0 Å². The van der Waals surface area contributed by atoms with Crippen molar-refractivity contribution in [1.29, 1.82) is 0 Å². The third kappa shape index (κ3) is 4.85. The van der Waals surface area contributed by atoms with E-state index in [2.05, 4.69) is 6.58 Å². The number of rotatable bonds is 8. The number of anilines is 1. The molecule has 0 aliphatic heterocycles. The van der Waals surface area contributed by atoms with Crippen LogP contribution >= 0.6 is 0 Å². The van der Waals surface area contributed by atoms with E-state index in [-0.39, 0.29) is 17.5 Å². The van der Waals surface area contributed by atoms with Gasteiger partial charge in [-0.2, -0.15) is 0 Å². The van der Waals surface area contributed by atoms with E-state index in [1.165, 1.54) is 37.4 Å². The van der Waals surface area contributed by atoms with Gasteiger partial charge in [0.1, 0.15) is 5.60 Å². The molecule has 7 nitrogen and oxygen atoms in total. The number of para-hydroxylation sites is 1. The van der Waals surface area contributed by atoms with Crippen molar-refractivity contribution in [3.63, 3.8) is 0 Å². The Morgan fingerprint density at radius 3 is 2.06 bits per heavy atom. The van der Waals surface area contributed by atoms with Crippen molar-refractivity contribution in [2.75, 3.05) is 18.5 Å². The monoisotopic (exact) mass is 459 g/mol. The summed E-state index contributed by atoms with van der Waals surface area (Å²) in [7, 11) is -1.83. The lowest BCUT2D eigenvalue weighted by molar-refractivity contribution is -0.144. The van der Waals surface area contributed by atoms with Crippen molar-refractivity contribution < 1.29 is 27.5 Å². The molecule has 0 aliphatic carbocycles. The predicted molar refractivity (Wildman–Crippen MR) is 124 cm³/mol. The minimum absolute atomic E-state index is 0.152. The first-order chi connectivity index (χ1) is 14.9. The van der Waals surface area contributed by atoms with Gasteiger partial charge in [0.05, 0.1) is 18.4 Å². The van der Waals surface area contributed by atoms with Crippen LogP contribution in [0.1, 0.15) is 43.1 Å². The summed E-state index contributed by atoms with van der Waals surface area (Å²) in [6, 6.07) is 14.1. The highest BCUT2D eigenvalue weighted by Gasteiger charge is 2.54. The van der Waals surface area contributed by atoms with Gasteiger partial charge in [-0.3, -0.25) is 4.31 Å². The summed E-state index contributed by atoms with van der Waals surface area (Å²) in [5.74, 6) is -1.51. The molecule has 0 saturated heterocycles. The lowest BCUT2D eigenvalue weighted by atomic mass is 9.93. The number of sulfonamides is 1. The van der Waals surface area contributed by atoms with E-state index >= 15 is 0 Å². The van der Waals surface area contributed by atoms with Gasteiger partial charge in [0.25, 0.3) is 10.0 Å². The second kappa shape index (κ2) is 9.56. The molecular weight excluding hydrogens is 430 g/mol. The quantitative estimate of drug-likeness (QED) is 0.437. The Balaban J connectivity index is 2.64. The van der Waals surface area contributed by atoms with Gasteiger partial charge in [0.2, 0.25) is 4.75 Å². The summed E-state index contributed by atoms with van der Waals surface area (Å²) in [4.78, 5) is 25.4. The predicted octanol–water partition coefficient (Wildman–Crippen LogP) is 4.05. The maximum absolute atomic E-state index is 13.8. The number of hydrogen-bond donors (Lipinski definition) is 0. The first-order valence-electron chi connectivity index (χ1n) is 9.97. The number of nitrogens with zero attached hydrogens (tertiary/aromatic N) is 1. The molecule has 2 aromatic carbocycles. The summed E-state index contributed by atoms with van der Waals surface area (Å²) in [5.41, 5.74) is 0.0836. The van der Waals surface area contributed by atoms with Gasteiger partial charge in [-0.25, -0.2) is 18.0 Å². The fraction of sp³-hybridized carbons (Fsp3) is 0.333. The van der Waals surface area contributed by atoms with E-state index < -0.39 is 32.3 Å². The molecule has 0 amide bonds. The van der Waals surface area contributed by atoms with Crippen molar-refractivity contribution in [2.24, 2.45) is 0 Å². The van der Waals surface area contributed by atoms with Gasteiger partial charge in [-0.05, 0) is 50.6 Å². The average Bonchev–Trinajstić information content (AvgIpc) is 2.75.